The van der Waals surface area contributed by atoms with Crippen molar-refractivity contribution in [2.24, 2.45) is 5.92 Å². The molecule has 4 nitrogen and oxygen atoms in total. The molecule has 0 spiro atoms. The molecule has 0 radical (unpaired) electrons. The van der Waals surface area contributed by atoms with E-state index in [2.05, 4.69) is 18.8 Å². The van der Waals surface area contributed by atoms with Gasteiger partial charge in [0.1, 0.15) is 10.2 Å². The quantitative estimate of drug-likeness (QED) is 0.469. The highest BCUT2D eigenvalue weighted by atomic mass is 35.5. The normalized spacial score (nSPS) is 23.6. The van der Waals surface area contributed by atoms with Crippen LogP contribution < -0.4 is 0 Å². The maximum atomic E-state index is 11.6. The van der Waals surface area contributed by atoms with E-state index in [1.807, 2.05) is 4.90 Å². The molecule has 1 aromatic rings. The molecule has 0 bridgehead atoms. The Kier molecular flexibility index (Phi) is 4.90. The molecule has 2 atom stereocenters. The highest BCUT2D eigenvalue weighted by molar-refractivity contribution is 8.00. The van der Waals surface area contributed by atoms with Gasteiger partial charge >= 0.3 is 0 Å². The van der Waals surface area contributed by atoms with Crippen molar-refractivity contribution in [1.29, 1.82) is 0 Å². The second kappa shape index (κ2) is 6.57. The maximum Gasteiger partial charge on any atom is 0.219 e. The van der Waals surface area contributed by atoms with Crippen molar-refractivity contribution < 1.29 is 4.79 Å². The Morgan fingerprint density at radius 1 is 1.50 bits per heavy atom. The van der Waals surface area contributed by atoms with Crippen molar-refractivity contribution in [2.75, 3.05) is 18.8 Å². The average Bonchev–Trinajstić information content (AvgIpc) is 2.82. The fraction of sp³-hybridized carbons (Fsp3) is 0.667. The van der Waals surface area contributed by atoms with Gasteiger partial charge in [-0.3, -0.25) is 4.79 Å². The van der Waals surface area contributed by atoms with Crippen LogP contribution in [0.25, 0.3) is 0 Å². The number of carbonyl (C=O) groups excluding carboxylic acids is 1. The van der Waals surface area contributed by atoms with Crippen LogP contribution in [0.1, 0.15) is 38.7 Å². The molecule has 3 rings (SSSR count). The third-order valence-corrected chi connectivity index (χ3v) is 6.90. The molecule has 0 aliphatic carbocycles. The molecule has 0 saturated carbocycles. The van der Waals surface area contributed by atoms with Crippen molar-refractivity contribution in [3.63, 3.8) is 0 Å². The van der Waals surface area contributed by atoms with E-state index in [0.29, 0.717) is 22.2 Å². The monoisotopic (exact) mass is 357 g/mol. The lowest BCUT2D eigenvalue weighted by Gasteiger charge is -2.33. The van der Waals surface area contributed by atoms with E-state index in [-0.39, 0.29) is 5.91 Å². The van der Waals surface area contributed by atoms with Gasteiger partial charge < -0.3 is 4.90 Å². The van der Waals surface area contributed by atoms with E-state index in [1.165, 1.54) is 0 Å². The smallest absolute Gasteiger partial charge is 0.219 e. The van der Waals surface area contributed by atoms with Crippen LogP contribution in [0.5, 0.6) is 0 Å². The SMILES string of the molecule is CC(=O)N1CCC2c3c(Cl)nc(SCC(C)C)nc3SC2C1. The van der Waals surface area contributed by atoms with Gasteiger partial charge in [-0.2, -0.15) is 0 Å². The summed E-state index contributed by atoms with van der Waals surface area (Å²) in [5, 5.41) is 2.76. The summed E-state index contributed by atoms with van der Waals surface area (Å²) < 4.78 is 0. The summed E-state index contributed by atoms with van der Waals surface area (Å²) in [6.07, 6.45) is 0.950. The van der Waals surface area contributed by atoms with Crippen molar-refractivity contribution in [2.45, 2.75) is 48.5 Å². The number of thioether (sulfide) groups is 2. The number of hydrogen-bond donors (Lipinski definition) is 0. The summed E-state index contributed by atoms with van der Waals surface area (Å²) in [6.45, 7) is 7.59. The molecule has 120 valence electrons. The Morgan fingerprint density at radius 2 is 2.27 bits per heavy atom. The number of likely N-dealkylation sites (tertiary alicyclic amines) is 1. The fourth-order valence-corrected chi connectivity index (χ4v) is 5.67. The highest BCUT2D eigenvalue weighted by Crippen LogP contribution is 2.50. The Hall–Kier alpha value is -0.460. The lowest BCUT2D eigenvalue weighted by atomic mass is 9.91. The highest BCUT2D eigenvalue weighted by Gasteiger charge is 2.41. The van der Waals surface area contributed by atoms with Crippen molar-refractivity contribution in [1.82, 2.24) is 14.9 Å². The van der Waals surface area contributed by atoms with E-state index < -0.39 is 0 Å². The van der Waals surface area contributed by atoms with E-state index >= 15 is 0 Å². The van der Waals surface area contributed by atoms with Gasteiger partial charge in [-0.05, 0) is 12.3 Å². The molecular weight excluding hydrogens is 338 g/mol. The van der Waals surface area contributed by atoms with Crippen molar-refractivity contribution in [3.05, 3.63) is 10.7 Å². The summed E-state index contributed by atoms with van der Waals surface area (Å²) in [7, 11) is 0. The van der Waals surface area contributed by atoms with E-state index in [0.717, 1.165) is 41.0 Å². The van der Waals surface area contributed by atoms with Crippen molar-refractivity contribution in [3.8, 4) is 0 Å². The molecule has 2 aliphatic rings. The van der Waals surface area contributed by atoms with Crippen LogP contribution in [-0.4, -0.2) is 44.9 Å². The van der Waals surface area contributed by atoms with Crippen LogP contribution in [0.2, 0.25) is 5.15 Å². The lowest BCUT2D eigenvalue weighted by Crippen LogP contribution is -2.42. The first-order valence-electron chi connectivity index (χ1n) is 7.58. The Bertz CT molecular complexity index is 596. The minimum Gasteiger partial charge on any atom is -0.342 e. The van der Waals surface area contributed by atoms with Crippen molar-refractivity contribution >= 4 is 41.0 Å². The Morgan fingerprint density at radius 3 is 2.95 bits per heavy atom. The van der Waals surface area contributed by atoms with E-state index in [9.17, 15) is 4.79 Å². The number of aromatic nitrogens is 2. The second-order valence-corrected chi connectivity index (χ2v) is 8.81. The largest absolute Gasteiger partial charge is 0.342 e. The average molecular weight is 358 g/mol. The molecule has 22 heavy (non-hydrogen) atoms. The minimum absolute atomic E-state index is 0.153. The van der Waals surface area contributed by atoms with Crippen LogP contribution >= 0.6 is 35.1 Å². The summed E-state index contributed by atoms with van der Waals surface area (Å²) in [4.78, 5) is 22.7. The molecule has 7 heteroatoms. The van der Waals surface area contributed by atoms with E-state index in [4.69, 9.17) is 16.6 Å². The predicted molar refractivity (Wildman–Crippen MR) is 91.9 cm³/mol. The van der Waals surface area contributed by atoms with Crippen LogP contribution in [-0.2, 0) is 4.79 Å². The van der Waals surface area contributed by atoms with Gasteiger partial charge in [-0.25, -0.2) is 9.97 Å². The van der Waals surface area contributed by atoms with Crippen LogP contribution in [0.3, 0.4) is 0 Å². The molecule has 1 saturated heterocycles. The number of piperidine rings is 1. The number of amides is 1. The Labute approximate surface area is 144 Å². The number of carbonyl (C=O) groups is 1. The van der Waals surface area contributed by atoms with Gasteiger partial charge in [-0.15, -0.1) is 11.8 Å². The number of hydrogen-bond acceptors (Lipinski definition) is 5. The molecule has 0 aromatic carbocycles. The summed E-state index contributed by atoms with van der Waals surface area (Å²) in [6, 6.07) is 0. The number of halogens is 1. The molecule has 0 N–H and O–H groups in total. The van der Waals surface area contributed by atoms with Gasteiger partial charge in [0.25, 0.3) is 0 Å². The number of nitrogens with zero attached hydrogens (tertiary/aromatic N) is 3. The predicted octanol–water partition coefficient (Wildman–Crippen LogP) is 3.69. The number of fused-ring (bicyclic) bond motifs is 3. The topological polar surface area (TPSA) is 46.1 Å². The standard InChI is InChI=1S/C15H20ClN3OS2/c1-8(2)7-21-15-17-13(16)12-10-4-5-19(9(3)20)6-11(10)22-14(12)18-15/h8,10-11H,4-7H2,1-3H3. The van der Waals surface area contributed by atoms with Crippen LogP contribution in [0.15, 0.2) is 10.2 Å². The Balaban J connectivity index is 1.80. The molecule has 1 fully saturated rings. The van der Waals surface area contributed by atoms with Crippen LogP contribution in [0.4, 0.5) is 0 Å². The zero-order chi connectivity index (χ0) is 15.9. The first kappa shape index (κ1) is 16.4. The molecule has 2 unspecified atom stereocenters. The molecular formula is C15H20ClN3OS2. The van der Waals surface area contributed by atoms with Gasteiger partial charge in [0.05, 0.1) is 0 Å². The third kappa shape index (κ3) is 3.24. The second-order valence-electron chi connectivity index (χ2n) is 6.24. The summed E-state index contributed by atoms with van der Waals surface area (Å²) >= 11 is 9.87. The molecule has 3 heterocycles. The van der Waals surface area contributed by atoms with Gasteiger partial charge in [-0.1, -0.05) is 37.2 Å². The van der Waals surface area contributed by atoms with Gasteiger partial charge in [0.2, 0.25) is 5.91 Å². The van der Waals surface area contributed by atoms with E-state index in [1.54, 1.807) is 30.4 Å². The summed E-state index contributed by atoms with van der Waals surface area (Å²) in [5.74, 6) is 2.12. The molecule has 1 aromatic heterocycles. The first-order chi connectivity index (χ1) is 10.5. The zero-order valence-corrected chi connectivity index (χ0v) is 15.4. The summed E-state index contributed by atoms with van der Waals surface area (Å²) in [5.41, 5.74) is 1.11. The first-order valence-corrected chi connectivity index (χ1v) is 9.82. The molecule has 1 amide bonds. The number of rotatable bonds is 3. The zero-order valence-electron chi connectivity index (χ0n) is 13.0. The minimum atomic E-state index is 0.153. The third-order valence-electron chi connectivity index (χ3n) is 4.03. The van der Waals surface area contributed by atoms with Crippen LogP contribution in [0, 0.1) is 5.92 Å². The fourth-order valence-electron chi connectivity index (χ4n) is 2.91. The molecule has 2 aliphatic heterocycles. The maximum absolute atomic E-state index is 11.6. The van der Waals surface area contributed by atoms with Gasteiger partial charge in [0, 0.05) is 42.5 Å². The lowest BCUT2D eigenvalue weighted by molar-refractivity contribution is -0.129. The van der Waals surface area contributed by atoms with Gasteiger partial charge in [0.15, 0.2) is 5.16 Å².